The maximum absolute atomic E-state index is 10.3. The predicted molar refractivity (Wildman–Crippen MR) is 44.5 cm³/mol. The maximum Gasteiger partial charge on any atom is 0.320 e. The average molecular weight is 157 g/mol. The monoisotopic (exact) mass is 157 g/mol. The number of hydrogen-bond acceptors (Lipinski definition) is 2. The van der Waals surface area contributed by atoms with Gasteiger partial charge in [-0.25, -0.2) is 0 Å². The minimum absolute atomic E-state index is 0.488. The van der Waals surface area contributed by atoms with Gasteiger partial charge in [0.25, 0.3) is 0 Å². The molecule has 0 aliphatic heterocycles. The Morgan fingerprint density at radius 2 is 2.27 bits per heavy atom. The fourth-order valence-corrected chi connectivity index (χ4v) is 0.510. The molecule has 0 heterocycles. The molecule has 0 saturated carbocycles. The fourth-order valence-electron chi connectivity index (χ4n) is 0.510. The third-order valence-electron chi connectivity index (χ3n) is 1.53. The molecule has 0 rings (SSSR count). The first-order chi connectivity index (χ1) is 5.07. The zero-order chi connectivity index (χ0) is 8.85. The smallest absolute Gasteiger partial charge is 0.320 e. The van der Waals surface area contributed by atoms with Gasteiger partial charge in [0.15, 0.2) is 0 Å². The third-order valence-corrected chi connectivity index (χ3v) is 1.53. The van der Waals surface area contributed by atoms with Crippen LogP contribution in [0.4, 0.5) is 0 Å². The Balaban J connectivity index is 3.54. The van der Waals surface area contributed by atoms with Gasteiger partial charge in [0.1, 0.15) is 6.04 Å². The maximum atomic E-state index is 10.3. The Hall–Kier alpha value is -0.830. The second-order valence-corrected chi connectivity index (χ2v) is 2.54. The van der Waals surface area contributed by atoms with Gasteiger partial charge in [-0.3, -0.25) is 4.79 Å². The van der Waals surface area contributed by atoms with Crippen molar-refractivity contribution in [1.29, 1.82) is 0 Å². The van der Waals surface area contributed by atoms with Gasteiger partial charge in [0.05, 0.1) is 0 Å². The lowest BCUT2D eigenvalue weighted by atomic mass is 10.2. The molecule has 0 aromatic rings. The summed E-state index contributed by atoms with van der Waals surface area (Å²) in [5.74, 6) is -0.825. The molecule has 0 saturated heterocycles. The quantitative estimate of drug-likeness (QED) is 0.586. The van der Waals surface area contributed by atoms with Crippen molar-refractivity contribution in [2.75, 3.05) is 6.54 Å². The van der Waals surface area contributed by atoms with Gasteiger partial charge < -0.3 is 10.4 Å². The highest BCUT2D eigenvalue weighted by molar-refractivity contribution is 5.72. The average Bonchev–Trinajstić information content (AvgIpc) is 1.99. The van der Waals surface area contributed by atoms with E-state index in [-0.39, 0.29) is 0 Å². The summed E-state index contributed by atoms with van der Waals surface area (Å²) < 4.78 is 0. The van der Waals surface area contributed by atoms with Gasteiger partial charge in [-0.05, 0) is 13.3 Å². The van der Waals surface area contributed by atoms with Crippen molar-refractivity contribution >= 4 is 5.97 Å². The molecule has 0 aromatic heterocycles. The molecule has 1 atom stereocenters. The largest absolute Gasteiger partial charge is 0.480 e. The van der Waals surface area contributed by atoms with E-state index in [9.17, 15) is 4.79 Å². The molecule has 64 valence electrons. The zero-order valence-corrected chi connectivity index (χ0v) is 7.05. The summed E-state index contributed by atoms with van der Waals surface area (Å²) in [6.07, 6.45) is 0.888. The van der Waals surface area contributed by atoms with Crippen LogP contribution in [0, 0.1) is 0 Å². The molecule has 0 radical (unpaired) electrons. The van der Waals surface area contributed by atoms with Crippen molar-refractivity contribution in [3.63, 3.8) is 0 Å². The number of rotatable bonds is 5. The van der Waals surface area contributed by atoms with Crippen LogP contribution in [-0.2, 0) is 4.79 Å². The van der Waals surface area contributed by atoms with E-state index >= 15 is 0 Å². The van der Waals surface area contributed by atoms with Gasteiger partial charge in [0, 0.05) is 6.54 Å². The highest BCUT2D eigenvalue weighted by Gasteiger charge is 2.08. The Morgan fingerprint density at radius 1 is 1.73 bits per heavy atom. The van der Waals surface area contributed by atoms with Gasteiger partial charge in [0.2, 0.25) is 0 Å². The van der Waals surface area contributed by atoms with E-state index in [0.29, 0.717) is 6.54 Å². The first-order valence-electron chi connectivity index (χ1n) is 3.70. The summed E-state index contributed by atoms with van der Waals surface area (Å²) in [6, 6.07) is -0.488. The molecule has 0 unspecified atom stereocenters. The van der Waals surface area contributed by atoms with E-state index in [2.05, 4.69) is 11.9 Å². The SMILES string of the molecule is C=C(CC)CN[C@H](C)C(=O)O. The van der Waals surface area contributed by atoms with Crippen LogP contribution in [0.25, 0.3) is 0 Å². The number of hydrogen-bond donors (Lipinski definition) is 2. The topological polar surface area (TPSA) is 49.3 Å². The van der Waals surface area contributed by atoms with Crippen LogP contribution in [0.3, 0.4) is 0 Å². The molecule has 3 heteroatoms. The lowest BCUT2D eigenvalue weighted by molar-refractivity contribution is -0.138. The highest BCUT2D eigenvalue weighted by atomic mass is 16.4. The number of nitrogens with one attached hydrogen (secondary N) is 1. The molecule has 0 aliphatic rings. The molecule has 11 heavy (non-hydrogen) atoms. The Morgan fingerprint density at radius 3 is 2.64 bits per heavy atom. The second-order valence-electron chi connectivity index (χ2n) is 2.54. The molecule has 0 bridgehead atoms. The van der Waals surface area contributed by atoms with E-state index in [4.69, 9.17) is 5.11 Å². The standard InChI is InChI=1S/C8H15NO2/c1-4-6(2)5-9-7(3)8(10)11/h7,9H,2,4-5H2,1,3H3,(H,10,11)/t7-/m1/s1. The van der Waals surface area contributed by atoms with E-state index in [1.807, 2.05) is 6.92 Å². The number of carbonyl (C=O) groups is 1. The summed E-state index contributed by atoms with van der Waals surface area (Å²) in [7, 11) is 0. The van der Waals surface area contributed by atoms with Crippen LogP contribution in [-0.4, -0.2) is 23.7 Å². The van der Waals surface area contributed by atoms with E-state index < -0.39 is 12.0 Å². The van der Waals surface area contributed by atoms with Crippen molar-refractivity contribution < 1.29 is 9.90 Å². The lowest BCUT2D eigenvalue weighted by Gasteiger charge is -2.08. The Labute approximate surface area is 67.1 Å². The molecule has 0 amide bonds. The number of carboxylic acid groups (broad SMARTS) is 1. The Kier molecular flexibility index (Phi) is 4.54. The second kappa shape index (κ2) is 4.91. The van der Waals surface area contributed by atoms with Crippen LogP contribution in [0.1, 0.15) is 20.3 Å². The summed E-state index contributed by atoms with van der Waals surface area (Å²) in [5, 5.41) is 11.3. The summed E-state index contributed by atoms with van der Waals surface area (Å²) >= 11 is 0. The van der Waals surface area contributed by atoms with Crippen molar-refractivity contribution in [3.05, 3.63) is 12.2 Å². The van der Waals surface area contributed by atoms with Crippen LogP contribution < -0.4 is 5.32 Å². The molecule has 0 aliphatic carbocycles. The third kappa shape index (κ3) is 4.56. The molecule has 2 N–H and O–H groups in total. The van der Waals surface area contributed by atoms with Gasteiger partial charge in [-0.1, -0.05) is 19.1 Å². The minimum Gasteiger partial charge on any atom is -0.480 e. The molecule has 0 spiro atoms. The van der Waals surface area contributed by atoms with Crippen molar-refractivity contribution in [3.8, 4) is 0 Å². The lowest BCUT2D eigenvalue weighted by Crippen LogP contribution is -2.34. The van der Waals surface area contributed by atoms with Gasteiger partial charge >= 0.3 is 5.97 Å². The molecule has 0 aromatic carbocycles. The number of aliphatic carboxylic acids is 1. The fraction of sp³-hybridized carbons (Fsp3) is 0.625. The normalized spacial score (nSPS) is 12.5. The summed E-state index contributed by atoms with van der Waals surface area (Å²) in [6.45, 7) is 7.95. The Bertz CT molecular complexity index is 154. The molecule has 0 fully saturated rings. The van der Waals surface area contributed by atoms with E-state index in [1.165, 1.54) is 0 Å². The van der Waals surface area contributed by atoms with Crippen molar-refractivity contribution in [2.24, 2.45) is 0 Å². The molecule has 3 nitrogen and oxygen atoms in total. The van der Waals surface area contributed by atoms with Gasteiger partial charge in [-0.15, -0.1) is 0 Å². The molecular weight excluding hydrogens is 142 g/mol. The van der Waals surface area contributed by atoms with E-state index in [1.54, 1.807) is 6.92 Å². The first-order valence-corrected chi connectivity index (χ1v) is 3.70. The zero-order valence-electron chi connectivity index (χ0n) is 7.05. The first kappa shape index (κ1) is 10.2. The van der Waals surface area contributed by atoms with Crippen LogP contribution in [0.5, 0.6) is 0 Å². The summed E-state index contributed by atoms with van der Waals surface area (Å²) in [5.41, 5.74) is 1.03. The molecular formula is C8H15NO2. The minimum atomic E-state index is -0.825. The van der Waals surface area contributed by atoms with E-state index in [0.717, 1.165) is 12.0 Å². The van der Waals surface area contributed by atoms with Crippen molar-refractivity contribution in [1.82, 2.24) is 5.32 Å². The predicted octanol–water partition coefficient (Wildman–Crippen LogP) is 1.02. The van der Waals surface area contributed by atoms with Crippen LogP contribution in [0.15, 0.2) is 12.2 Å². The highest BCUT2D eigenvalue weighted by Crippen LogP contribution is 1.93. The summed E-state index contributed by atoms with van der Waals surface area (Å²) in [4.78, 5) is 10.3. The van der Waals surface area contributed by atoms with Crippen LogP contribution >= 0.6 is 0 Å². The van der Waals surface area contributed by atoms with Crippen LogP contribution in [0.2, 0.25) is 0 Å². The number of carboxylic acids is 1. The van der Waals surface area contributed by atoms with Gasteiger partial charge in [-0.2, -0.15) is 0 Å². The van der Waals surface area contributed by atoms with Crippen molar-refractivity contribution in [2.45, 2.75) is 26.3 Å².